The Balaban J connectivity index is 1.95. The van der Waals surface area contributed by atoms with Gasteiger partial charge in [-0.3, -0.25) is 14.7 Å². The summed E-state index contributed by atoms with van der Waals surface area (Å²) in [7, 11) is 0. The van der Waals surface area contributed by atoms with Gasteiger partial charge in [-0.2, -0.15) is 11.8 Å². The second kappa shape index (κ2) is 8.20. The molecule has 5 nitrogen and oxygen atoms in total. The first-order chi connectivity index (χ1) is 12.5. The van der Waals surface area contributed by atoms with Gasteiger partial charge in [-0.05, 0) is 30.6 Å². The maximum Gasteiger partial charge on any atom is 0.326 e. The highest BCUT2D eigenvalue weighted by atomic mass is 32.2. The lowest BCUT2D eigenvalue weighted by molar-refractivity contribution is -0.145. The number of fused-ring (bicyclic) bond motifs is 1. The lowest BCUT2D eigenvalue weighted by Gasteiger charge is -2.22. The number of carboxylic acid groups (broad SMARTS) is 1. The Morgan fingerprint density at radius 1 is 1.42 bits per heavy atom. The van der Waals surface area contributed by atoms with E-state index < -0.39 is 12.0 Å². The van der Waals surface area contributed by atoms with Gasteiger partial charge < -0.3 is 5.11 Å². The molecule has 8 heteroatoms. The van der Waals surface area contributed by atoms with Crippen LogP contribution in [0.5, 0.6) is 0 Å². The molecule has 1 aliphatic heterocycles. The van der Waals surface area contributed by atoms with Crippen LogP contribution in [0.4, 0.5) is 0 Å². The van der Waals surface area contributed by atoms with Gasteiger partial charge in [-0.15, -0.1) is 0 Å². The number of thiocarbonyl (C=S) groups is 1. The molecule has 3 rings (SSSR count). The minimum Gasteiger partial charge on any atom is -0.480 e. The fourth-order valence-electron chi connectivity index (χ4n) is 2.73. The van der Waals surface area contributed by atoms with E-state index >= 15 is 0 Å². The molecule has 1 fully saturated rings. The Morgan fingerprint density at radius 2 is 2.19 bits per heavy atom. The molecule has 1 saturated heterocycles. The Morgan fingerprint density at radius 3 is 2.92 bits per heavy atom. The van der Waals surface area contributed by atoms with Gasteiger partial charge in [0, 0.05) is 17.1 Å². The summed E-state index contributed by atoms with van der Waals surface area (Å²) in [4.78, 5) is 30.5. The smallest absolute Gasteiger partial charge is 0.326 e. The predicted molar refractivity (Wildman–Crippen MR) is 111 cm³/mol. The van der Waals surface area contributed by atoms with Gasteiger partial charge in [0.25, 0.3) is 5.91 Å². The van der Waals surface area contributed by atoms with Gasteiger partial charge in [0.1, 0.15) is 10.4 Å². The van der Waals surface area contributed by atoms with Crippen LogP contribution in [0.3, 0.4) is 0 Å². The molecular formula is C18H16N2O3S3. The number of amides is 1. The summed E-state index contributed by atoms with van der Waals surface area (Å²) in [6.07, 6.45) is 5.69. The lowest BCUT2D eigenvalue weighted by atomic mass is 10.1. The van der Waals surface area contributed by atoms with Crippen molar-refractivity contribution in [2.24, 2.45) is 0 Å². The van der Waals surface area contributed by atoms with E-state index in [1.165, 1.54) is 16.7 Å². The molecule has 1 aromatic carbocycles. The number of nitrogens with zero attached hydrogens (tertiary/aromatic N) is 2. The van der Waals surface area contributed by atoms with E-state index in [1.807, 2.05) is 36.6 Å². The number of carboxylic acids is 1. The molecule has 2 aromatic rings. The van der Waals surface area contributed by atoms with E-state index in [-0.39, 0.29) is 10.2 Å². The third-order valence-electron chi connectivity index (χ3n) is 3.97. The van der Waals surface area contributed by atoms with Gasteiger partial charge in [-0.1, -0.05) is 48.2 Å². The average Bonchev–Trinajstić information content (AvgIpc) is 2.90. The predicted octanol–water partition coefficient (Wildman–Crippen LogP) is 3.64. The first kappa shape index (κ1) is 18.9. The normalized spacial score (nSPS) is 17.3. The summed E-state index contributed by atoms with van der Waals surface area (Å²) in [5.74, 6) is -0.759. The maximum atomic E-state index is 12.8. The number of aliphatic carboxylic acids is 1. The van der Waals surface area contributed by atoms with Crippen molar-refractivity contribution in [3.63, 3.8) is 0 Å². The van der Waals surface area contributed by atoms with E-state index in [0.717, 1.165) is 28.2 Å². The van der Waals surface area contributed by atoms with Crippen LogP contribution in [-0.2, 0) is 9.59 Å². The molecule has 0 unspecified atom stereocenters. The van der Waals surface area contributed by atoms with Crippen LogP contribution in [-0.4, -0.2) is 49.2 Å². The topological polar surface area (TPSA) is 70.5 Å². The Labute approximate surface area is 164 Å². The van der Waals surface area contributed by atoms with Crippen molar-refractivity contribution in [1.29, 1.82) is 0 Å². The molecule has 0 saturated carbocycles. The maximum absolute atomic E-state index is 12.8. The monoisotopic (exact) mass is 404 g/mol. The molecule has 134 valence electrons. The van der Waals surface area contributed by atoms with E-state index in [2.05, 4.69) is 4.98 Å². The van der Waals surface area contributed by atoms with Crippen LogP contribution in [0.1, 0.15) is 12.0 Å². The molecule has 0 spiro atoms. The zero-order valence-corrected chi connectivity index (χ0v) is 16.4. The molecule has 2 heterocycles. The standard InChI is InChI=1S/C18H16N2O3S3/c1-25-9-7-13(17(22)23)20-16(21)14(26-18(20)24)10-12-5-2-4-11-6-3-8-19-15(11)12/h2-6,8,10,13H,7,9H2,1H3,(H,22,23)/b14-10-/t13-/m1/s1. The van der Waals surface area contributed by atoms with Crippen molar-refractivity contribution in [1.82, 2.24) is 9.88 Å². The molecule has 1 atom stereocenters. The Kier molecular flexibility index (Phi) is 5.95. The molecule has 1 N–H and O–H groups in total. The third kappa shape index (κ3) is 3.77. The van der Waals surface area contributed by atoms with Crippen molar-refractivity contribution < 1.29 is 14.7 Å². The molecular weight excluding hydrogens is 388 g/mol. The number of hydrogen-bond acceptors (Lipinski definition) is 6. The molecule has 26 heavy (non-hydrogen) atoms. The first-order valence-corrected chi connectivity index (χ1v) is 10.5. The quantitative estimate of drug-likeness (QED) is 0.582. The fraction of sp³-hybridized carbons (Fsp3) is 0.222. The van der Waals surface area contributed by atoms with Crippen LogP contribution in [0, 0.1) is 0 Å². The summed E-state index contributed by atoms with van der Waals surface area (Å²) >= 11 is 7.97. The van der Waals surface area contributed by atoms with Crippen LogP contribution in [0.25, 0.3) is 17.0 Å². The average molecular weight is 405 g/mol. The summed E-state index contributed by atoms with van der Waals surface area (Å²) in [5.41, 5.74) is 1.59. The van der Waals surface area contributed by atoms with Crippen molar-refractivity contribution in [2.45, 2.75) is 12.5 Å². The number of hydrogen-bond donors (Lipinski definition) is 1. The van der Waals surface area contributed by atoms with Gasteiger partial charge in [0.05, 0.1) is 10.4 Å². The molecule has 1 aromatic heterocycles. The van der Waals surface area contributed by atoms with Gasteiger partial charge in [0.2, 0.25) is 0 Å². The molecule has 1 aliphatic rings. The summed E-state index contributed by atoms with van der Waals surface area (Å²) < 4.78 is 0.281. The number of rotatable bonds is 6. The molecule has 0 aliphatic carbocycles. The summed E-state index contributed by atoms with van der Waals surface area (Å²) in [6.45, 7) is 0. The number of pyridine rings is 1. The number of aromatic nitrogens is 1. The number of carbonyl (C=O) groups is 2. The largest absolute Gasteiger partial charge is 0.480 e. The van der Waals surface area contributed by atoms with Gasteiger partial charge >= 0.3 is 5.97 Å². The lowest BCUT2D eigenvalue weighted by Crippen LogP contribution is -2.44. The van der Waals surface area contributed by atoms with E-state index in [0.29, 0.717) is 17.1 Å². The van der Waals surface area contributed by atoms with Crippen molar-refractivity contribution in [3.05, 3.63) is 47.0 Å². The fourth-order valence-corrected chi connectivity index (χ4v) is 4.53. The van der Waals surface area contributed by atoms with Crippen LogP contribution in [0.2, 0.25) is 0 Å². The van der Waals surface area contributed by atoms with Crippen LogP contribution >= 0.6 is 35.7 Å². The van der Waals surface area contributed by atoms with E-state index in [9.17, 15) is 14.7 Å². The number of benzene rings is 1. The summed E-state index contributed by atoms with van der Waals surface area (Å²) in [6, 6.07) is 8.60. The SMILES string of the molecule is CSCC[C@H](C(=O)O)N1C(=O)/C(=C/c2cccc3cccnc23)SC1=S. The minimum atomic E-state index is -1.04. The first-order valence-electron chi connectivity index (χ1n) is 7.85. The van der Waals surface area contributed by atoms with Crippen molar-refractivity contribution >= 4 is 68.9 Å². The zero-order valence-electron chi connectivity index (χ0n) is 13.9. The van der Waals surface area contributed by atoms with Crippen molar-refractivity contribution in [3.8, 4) is 0 Å². The number of thioether (sulfide) groups is 2. The molecule has 0 bridgehead atoms. The minimum absolute atomic E-state index is 0.281. The Hall–Kier alpha value is -1.90. The highest BCUT2D eigenvalue weighted by molar-refractivity contribution is 8.26. The van der Waals surface area contributed by atoms with Gasteiger partial charge in [-0.25, -0.2) is 4.79 Å². The number of carbonyl (C=O) groups excluding carboxylic acids is 1. The van der Waals surface area contributed by atoms with E-state index in [4.69, 9.17) is 12.2 Å². The van der Waals surface area contributed by atoms with Gasteiger partial charge in [0.15, 0.2) is 0 Å². The Bertz CT molecular complexity index is 908. The number of para-hydroxylation sites is 1. The van der Waals surface area contributed by atoms with E-state index in [1.54, 1.807) is 12.3 Å². The van der Waals surface area contributed by atoms with Crippen LogP contribution in [0.15, 0.2) is 41.4 Å². The second-order valence-electron chi connectivity index (χ2n) is 5.61. The highest BCUT2D eigenvalue weighted by Gasteiger charge is 2.40. The zero-order chi connectivity index (χ0) is 18.7. The summed E-state index contributed by atoms with van der Waals surface area (Å²) in [5, 5.41) is 10.5. The third-order valence-corrected chi connectivity index (χ3v) is 5.94. The van der Waals surface area contributed by atoms with Crippen molar-refractivity contribution in [2.75, 3.05) is 12.0 Å². The molecule has 0 radical (unpaired) electrons. The highest BCUT2D eigenvalue weighted by Crippen LogP contribution is 2.35. The molecule has 1 amide bonds. The second-order valence-corrected chi connectivity index (χ2v) is 8.27. The van der Waals surface area contributed by atoms with Crippen LogP contribution < -0.4 is 0 Å².